The lowest BCUT2D eigenvalue weighted by molar-refractivity contribution is -0.144. The predicted molar refractivity (Wildman–Crippen MR) is 67.7 cm³/mol. The van der Waals surface area contributed by atoms with Crippen molar-refractivity contribution in [2.45, 2.75) is 31.8 Å². The van der Waals surface area contributed by atoms with Gasteiger partial charge in [0.2, 0.25) is 5.91 Å². The molecule has 8 nitrogen and oxygen atoms in total. The van der Waals surface area contributed by atoms with Crippen LogP contribution in [0.2, 0.25) is 0 Å². The Balaban J connectivity index is 2.38. The number of hydrogen-bond donors (Lipinski definition) is 2. The van der Waals surface area contributed by atoms with Crippen molar-refractivity contribution in [1.29, 1.82) is 0 Å². The SMILES string of the molecule is COC(=O)CCC(NC(=O)CCn1ccnc1)C(=O)O. The van der Waals surface area contributed by atoms with Gasteiger partial charge in [0, 0.05) is 31.8 Å². The van der Waals surface area contributed by atoms with E-state index in [0.29, 0.717) is 6.54 Å². The van der Waals surface area contributed by atoms with E-state index in [1.54, 1.807) is 23.3 Å². The first-order valence-electron chi connectivity index (χ1n) is 6.07. The number of carbonyl (C=O) groups is 3. The quantitative estimate of drug-likeness (QED) is 0.639. The molecule has 1 aromatic heterocycles. The average molecular weight is 283 g/mol. The van der Waals surface area contributed by atoms with Gasteiger partial charge in [-0.15, -0.1) is 0 Å². The largest absolute Gasteiger partial charge is 0.480 e. The lowest BCUT2D eigenvalue weighted by Crippen LogP contribution is -2.41. The first-order valence-corrected chi connectivity index (χ1v) is 6.07. The van der Waals surface area contributed by atoms with Crippen LogP contribution in [0.25, 0.3) is 0 Å². The number of rotatable bonds is 8. The molecule has 8 heteroatoms. The summed E-state index contributed by atoms with van der Waals surface area (Å²) in [5, 5.41) is 11.4. The zero-order valence-electron chi connectivity index (χ0n) is 11.1. The number of carboxylic acid groups (broad SMARTS) is 1. The molecule has 1 amide bonds. The summed E-state index contributed by atoms with van der Waals surface area (Å²) in [5.41, 5.74) is 0. The molecule has 0 aliphatic carbocycles. The fourth-order valence-corrected chi connectivity index (χ4v) is 1.54. The maximum absolute atomic E-state index is 11.6. The number of nitrogens with zero attached hydrogens (tertiary/aromatic N) is 2. The maximum atomic E-state index is 11.6. The van der Waals surface area contributed by atoms with Gasteiger partial charge in [-0.3, -0.25) is 9.59 Å². The summed E-state index contributed by atoms with van der Waals surface area (Å²) in [4.78, 5) is 37.4. The van der Waals surface area contributed by atoms with Gasteiger partial charge in [-0.25, -0.2) is 9.78 Å². The Hall–Kier alpha value is -2.38. The van der Waals surface area contributed by atoms with Crippen LogP contribution in [0.3, 0.4) is 0 Å². The van der Waals surface area contributed by atoms with Crippen LogP contribution in [0.5, 0.6) is 0 Å². The first kappa shape index (κ1) is 15.7. The van der Waals surface area contributed by atoms with Crippen molar-refractivity contribution < 1.29 is 24.2 Å². The molecule has 0 saturated heterocycles. The van der Waals surface area contributed by atoms with Gasteiger partial charge in [0.25, 0.3) is 0 Å². The van der Waals surface area contributed by atoms with E-state index in [-0.39, 0.29) is 19.3 Å². The summed E-state index contributed by atoms with van der Waals surface area (Å²) in [6.07, 6.45) is 4.94. The van der Waals surface area contributed by atoms with E-state index in [1.807, 2.05) is 0 Å². The molecule has 2 N–H and O–H groups in total. The molecule has 0 bridgehead atoms. The van der Waals surface area contributed by atoms with Crippen molar-refractivity contribution >= 4 is 17.8 Å². The zero-order valence-corrected chi connectivity index (χ0v) is 11.1. The molecule has 0 fully saturated rings. The second-order valence-electron chi connectivity index (χ2n) is 4.12. The first-order chi connectivity index (χ1) is 9.52. The van der Waals surface area contributed by atoms with Crippen LogP contribution in [-0.2, 0) is 25.7 Å². The van der Waals surface area contributed by atoms with E-state index in [1.165, 1.54) is 7.11 Å². The van der Waals surface area contributed by atoms with Crippen molar-refractivity contribution in [1.82, 2.24) is 14.9 Å². The fourth-order valence-electron chi connectivity index (χ4n) is 1.54. The number of carbonyl (C=O) groups excluding carboxylic acids is 2. The number of carboxylic acids is 1. The summed E-state index contributed by atoms with van der Waals surface area (Å²) in [6, 6.07) is -1.09. The molecular formula is C12H17N3O5. The molecule has 1 heterocycles. The van der Waals surface area contributed by atoms with Crippen LogP contribution in [0.15, 0.2) is 18.7 Å². The van der Waals surface area contributed by atoms with Crippen LogP contribution in [-0.4, -0.2) is 45.7 Å². The third-order valence-corrected chi connectivity index (χ3v) is 2.65. The number of aromatic nitrogens is 2. The Kier molecular flexibility index (Phi) is 6.21. The van der Waals surface area contributed by atoms with Gasteiger partial charge in [-0.05, 0) is 6.42 Å². The van der Waals surface area contributed by atoms with E-state index in [0.717, 1.165) is 0 Å². The molecule has 0 aliphatic rings. The van der Waals surface area contributed by atoms with Gasteiger partial charge < -0.3 is 19.7 Å². The van der Waals surface area contributed by atoms with Gasteiger partial charge in [0.1, 0.15) is 6.04 Å². The number of aliphatic carboxylic acids is 1. The van der Waals surface area contributed by atoms with E-state index in [2.05, 4.69) is 15.0 Å². The number of aryl methyl sites for hydroxylation is 1. The number of esters is 1. The summed E-state index contributed by atoms with van der Waals surface area (Å²) in [5.74, 6) is -2.08. The van der Waals surface area contributed by atoms with Gasteiger partial charge in [-0.2, -0.15) is 0 Å². The monoisotopic (exact) mass is 283 g/mol. The predicted octanol–water partition coefficient (Wildman–Crippen LogP) is -0.204. The smallest absolute Gasteiger partial charge is 0.326 e. The molecule has 0 saturated carbocycles. The van der Waals surface area contributed by atoms with Crippen molar-refractivity contribution in [2.24, 2.45) is 0 Å². The van der Waals surface area contributed by atoms with Crippen molar-refractivity contribution in [3.05, 3.63) is 18.7 Å². The fraction of sp³-hybridized carbons (Fsp3) is 0.500. The maximum Gasteiger partial charge on any atom is 0.326 e. The Morgan fingerprint density at radius 2 is 2.15 bits per heavy atom. The highest BCUT2D eigenvalue weighted by molar-refractivity contribution is 5.83. The van der Waals surface area contributed by atoms with Crippen molar-refractivity contribution in [2.75, 3.05) is 7.11 Å². The Morgan fingerprint density at radius 1 is 1.40 bits per heavy atom. The van der Waals surface area contributed by atoms with Crippen molar-refractivity contribution in [3.63, 3.8) is 0 Å². The number of methoxy groups -OCH3 is 1. The molecule has 1 rings (SSSR count). The normalized spacial score (nSPS) is 11.7. The summed E-state index contributed by atoms with van der Waals surface area (Å²) < 4.78 is 6.14. The molecular weight excluding hydrogens is 266 g/mol. The number of hydrogen-bond acceptors (Lipinski definition) is 5. The second-order valence-corrected chi connectivity index (χ2v) is 4.12. The molecule has 1 aromatic rings. The Bertz CT molecular complexity index is 458. The van der Waals surface area contributed by atoms with E-state index in [9.17, 15) is 14.4 Å². The molecule has 1 atom stereocenters. The van der Waals surface area contributed by atoms with E-state index >= 15 is 0 Å². The molecule has 110 valence electrons. The second kappa shape index (κ2) is 7.93. The molecule has 20 heavy (non-hydrogen) atoms. The van der Waals surface area contributed by atoms with Crippen molar-refractivity contribution in [3.8, 4) is 0 Å². The summed E-state index contributed by atoms with van der Waals surface area (Å²) in [7, 11) is 1.22. The van der Waals surface area contributed by atoms with Crippen LogP contribution < -0.4 is 5.32 Å². The van der Waals surface area contributed by atoms with E-state index in [4.69, 9.17) is 5.11 Å². The van der Waals surface area contributed by atoms with Gasteiger partial charge in [0.15, 0.2) is 0 Å². The minimum Gasteiger partial charge on any atom is -0.480 e. The van der Waals surface area contributed by atoms with Crippen LogP contribution >= 0.6 is 0 Å². The molecule has 0 aliphatic heterocycles. The third kappa shape index (κ3) is 5.51. The molecule has 0 aromatic carbocycles. The van der Waals surface area contributed by atoms with Crippen LogP contribution in [0, 0.1) is 0 Å². The summed E-state index contributed by atoms with van der Waals surface area (Å²) in [6.45, 7) is 0.412. The van der Waals surface area contributed by atoms with Gasteiger partial charge in [0.05, 0.1) is 13.4 Å². The minimum atomic E-state index is -1.18. The molecule has 0 radical (unpaired) electrons. The highest BCUT2D eigenvalue weighted by atomic mass is 16.5. The number of amides is 1. The van der Waals surface area contributed by atoms with Gasteiger partial charge >= 0.3 is 11.9 Å². The third-order valence-electron chi connectivity index (χ3n) is 2.65. The van der Waals surface area contributed by atoms with Crippen LogP contribution in [0.4, 0.5) is 0 Å². The lowest BCUT2D eigenvalue weighted by Gasteiger charge is -2.14. The van der Waals surface area contributed by atoms with Crippen LogP contribution in [0.1, 0.15) is 19.3 Å². The average Bonchev–Trinajstić information content (AvgIpc) is 2.93. The standard InChI is InChI=1S/C12H17N3O5/c1-20-11(17)3-2-9(12(18)19)14-10(16)4-6-15-7-5-13-8-15/h5,7-9H,2-4,6H2,1H3,(H,14,16)(H,18,19). The number of ether oxygens (including phenoxy) is 1. The topological polar surface area (TPSA) is 111 Å². The minimum absolute atomic E-state index is 0.00117. The molecule has 0 spiro atoms. The highest BCUT2D eigenvalue weighted by Crippen LogP contribution is 2.01. The van der Waals surface area contributed by atoms with E-state index < -0.39 is 23.9 Å². The number of imidazole rings is 1. The molecule has 1 unspecified atom stereocenters. The Labute approximate surface area is 115 Å². The highest BCUT2D eigenvalue weighted by Gasteiger charge is 2.20. The zero-order chi connectivity index (χ0) is 15.0. The van der Waals surface area contributed by atoms with Gasteiger partial charge in [-0.1, -0.05) is 0 Å². The summed E-state index contributed by atoms with van der Waals surface area (Å²) >= 11 is 0. The lowest BCUT2D eigenvalue weighted by atomic mass is 10.1. The Morgan fingerprint density at radius 3 is 2.70 bits per heavy atom. The number of nitrogens with one attached hydrogen (secondary N) is 1.